The van der Waals surface area contributed by atoms with Crippen molar-refractivity contribution >= 4 is 16.6 Å². The molecular formula is C14H16N2O. The Balaban J connectivity index is 2.39. The fourth-order valence-corrected chi connectivity index (χ4v) is 1.81. The highest BCUT2D eigenvalue weighted by molar-refractivity contribution is 5.92. The minimum atomic E-state index is 0.255. The SMILES string of the molecule is C=CCC(C)Nc1nccc2ccc(O)cc12. The Labute approximate surface area is 101 Å². The Bertz CT molecular complexity index is 537. The number of pyridine rings is 1. The summed E-state index contributed by atoms with van der Waals surface area (Å²) in [5.74, 6) is 1.05. The molecule has 0 saturated carbocycles. The lowest BCUT2D eigenvalue weighted by molar-refractivity contribution is 0.476. The Morgan fingerprint density at radius 1 is 1.47 bits per heavy atom. The summed E-state index contributed by atoms with van der Waals surface area (Å²) in [5, 5.41) is 14.8. The number of hydrogen-bond donors (Lipinski definition) is 2. The van der Waals surface area contributed by atoms with Crippen LogP contribution in [0.25, 0.3) is 10.8 Å². The number of benzene rings is 1. The van der Waals surface area contributed by atoms with Crippen LogP contribution in [0.5, 0.6) is 5.75 Å². The quantitative estimate of drug-likeness (QED) is 0.789. The molecule has 17 heavy (non-hydrogen) atoms. The lowest BCUT2D eigenvalue weighted by Crippen LogP contribution is -2.14. The number of anilines is 1. The summed E-state index contributed by atoms with van der Waals surface area (Å²) in [6.45, 7) is 5.79. The second-order valence-corrected chi connectivity index (χ2v) is 4.13. The standard InChI is InChI=1S/C14H16N2O/c1-3-4-10(2)16-14-13-9-12(17)6-5-11(13)7-8-15-14/h3,5-10,17H,1,4H2,2H3,(H,15,16). The van der Waals surface area contributed by atoms with Crippen LogP contribution >= 0.6 is 0 Å². The third kappa shape index (κ3) is 2.56. The third-order valence-corrected chi connectivity index (χ3v) is 2.65. The highest BCUT2D eigenvalue weighted by Gasteiger charge is 2.06. The van der Waals surface area contributed by atoms with Gasteiger partial charge in [-0.25, -0.2) is 4.98 Å². The van der Waals surface area contributed by atoms with Gasteiger partial charge in [0.2, 0.25) is 0 Å². The van der Waals surface area contributed by atoms with E-state index in [9.17, 15) is 5.11 Å². The second-order valence-electron chi connectivity index (χ2n) is 4.13. The largest absolute Gasteiger partial charge is 0.508 e. The van der Waals surface area contributed by atoms with Crippen LogP contribution in [0, 0.1) is 0 Å². The highest BCUT2D eigenvalue weighted by atomic mass is 16.3. The molecule has 3 heteroatoms. The number of phenols is 1. The van der Waals surface area contributed by atoms with Gasteiger partial charge in [0.15, 0.2) is 0 Å². The first kappa shape index (κ1) is 11.5. The Kier molecular flexibility index (Phi) is 3.28. The molecule has 0 spiro atoms. The van der Waals surface area contributed by atoms with Gasteiger partial charge >= 0.3 is 0 Å². The van der Waals surface area contributed by atoms with Crippen LogP contribution in [-0.4, -0.2) is 16.1 Å². The first-order valence-corrected chi connectivity index (χ1v) is 5.66. The van der Waals surface area contributed by atoms with E-state index in [0.717, 1.165) is 23.0 Å². The average molecular weight is 228 g/mol. The topological polar surface area (TPSA) is 45.2 Å². The smallest absolute Gasteiger partial charge is 0.134 e. The fraction of sp³-hybridized carbons (Fsp3) is 0.214. The molecule has 0 bridgehead atoms. The van der Waals surface area contributed by atoms with Crippen molar-refractivity contribution in [3.8, 4) is 5.75 Å². The van der Waals surface area contributed by atoms with E-state index < -0.39 is 0 Å². The molecule has 1 heterocycles. The fourth-order valence-electron chi connectivity index (χ4n) is 1.81. The van der Waals surface area contributed by atoms with Gasteiger partial charge in [-0.15, -0.1) is 6.58 Å². The van der Waals surface area contributed by atoms with Gasteiger partial charge in [0, 0.05) is 17.6 Å². The lowest BCUT2D eigenvalue weighted by Gasteiger charge is -2.14. The van der Waals surface area contributed by atoms with Crippen LogP contribution in [-0.2, 0) is 0 Å². The molecular weight excluding hydrogens is 212 g/mol. The Morgan fingerprint density at radius 3 is 3.06 bits per heavy atom. The molecule has 0 radical (unpaired) electrons. The number of nitrogens with one attached hydrogen (secondary N) is 1. The maximum Gasteiger partial charge on any atom is 0.134 e. The van der Waals surface area contributed by atoms with E-state index in [2.05, 4.69) is 23.8 Å². The number of fused-ring (bicyclic) bond motifs is 1. The van der Waals surface area contributed by atoms with E-state index in [0.29, 0.717) is 0 Å². The summed E-state index contributed by atoms with van der Waals surface area (Å²) in [5.41, 5.74) is 0. The minimum Gasteiger partial charge on any atom is -0.508 e. The Hall–Kier alpha value is -2.03. The van der Waals surface area contributed by atoms with E-state index >= 15 is 0 Å². The van der Waals surface area contributed by atoms with Crippen molar-refractivity contribution in [3.63, 3.8) is 0 Å². The summed E-state index contributed by atoms with van der Waals surface area (Å²) in [4.78, 5) is 4.31. The Morgan fingerprint density at radius 2 is 2.29 bits per heavy atom. The van der Waals surface area contributed by atoms with Gasteiger partial charge in [-0.1, -0.05) is 12.1 Å². The van der Waals surface area contributed by atoms with E-state index in [-0.39, 0.29) is 11.8 Å². The van der Waals surface area contributed by atoms with E-state index in [4.69, 9.17) is 0 Å². The summed E-state index contributed by atoms with van der Waals surface area (Å²) in [7, 11) is 0. The van der Waals surface area contributed by atoms with Gasteiger partial charge in [-0.3, -0.25) is 0 Å². The maximum absolute atomic E-state index is 9.52. The van der Waals surface area contributed by atoms with E-state index in [1.54, 1.807) is 18.3 Å². The van der Waals surface area contributed by atoms with Gasteiger partial charge in [-0.05, 0) is 36.9 Å². The molecule has 1 aromatic carbocycles. The maximum atomic E-state index is 9.52. The highest BCUT2D eigenvalue weighted by Crippen LogP contribution is 2.25. The van der Waals surface area contributed by atoms with Crippen molar-refractivity contribution in [3.05, 3.63) is 43.1 Å². The number of nitrogens with zero attached hydrogens (tertiary/aromatic N) is 1. The van der Waals surface area contributed by atoms with Crippen LogP contribution in [0.1, 0.15) is 13.3 Å². The first-order chi connectivity index (χ1) is 8.20. The normalized spacial score (nSPS) is 12.3. The molecule has 0 fully saturated rings. The number of aromatic nitrogens is 1. The van der Waals surface area contributed by atoms with Crippen LogP contribution in [0.3, 0.4) is 0 Å². The third-order valence-electron chi connectivity index (χ3n) is 2.65. The van der Waals surface area contributed by atoms with Crippen molar-refractivity contribution in [2.45, 2.75) is 19.4 Å². The summed E-state index contributed by atoms with van der Waals surface area (Å²) < 4.78 is 0. The van der Waals surface area contributed by atoms with E-state index in [1.807, 2.05) is 18.2 Å². The zero-order valence-corrected chi connectivity index (χ0v) is 9.85. The van der Waals surface area contributed by atoms with Crippen LogP contribution in [0.4, 0.5) is 5.82 Å². The minimum absolute atomic E-state index is 0.255. The van der Waals surface area contributed by atoms with Crippen molar-refractivity contribution in [1.82, 2.24) is 4.98 Å². The van der Waals surface area contributed by atoms with Crippen LogP contribution in [0.2, 0.25) is 0 Å². The zero-order chi connectivity index (χ0) is 12.3. The van der Waals surface area contributed by atoms with Crippen molar-refractivity contribution in [2.24, 2.45) is 0 Å². The van der Waals surface area contributed by atoms with Crippen LogP contribution < -0.4 is 5.32 Å². The molecule has 0 amide bonds. The van der Waals surface area contributed by atoms with Gasteiger partial charge in [0.1, 0.15) is 11.6 Å². The predicted octanol–water partition coefficient (Wildman–Crippen LogP) is 3.32. The zero-order valence-electron chi connectivity index (χ0n) is 9.85. The van der Waals surface area contributed by atoms with Gasteiger partial charge in [0.05, 0.1) is 0 Å². The van der Waals surface area contributed by atoms with Crippen molar-refractivity contribution < 1.29 is 5.11 Å². The molecule has 1 unspecified atom stereocenters. The molecule has 1 aromatic heterocycles. The van der Waals surface area contributed by atoms with Gasteiger partial charge < -0.3 is 10.4 Å². The molecule has 2 rings (SSSR count). The summed E-state index contributed by atoms with van der Waals surface area (Å²) >= 11 is 0. The average Bonchev–Trinajstić information content (AvgIpc) is 2.30. The lowest BCUT2D eigenvalue weighted by atomic mass is 10.1. The molecule has 2 N–H and O–H groups in total. The number of phenolic OH excluding ortho intramolecular Hbond substituents is 1. The number of hydrogen-bond acceptors (Lipinski definition) is 3. The molecule has 0 aliphatic heterocycles. The molecule has 88 valence electrons. The number of aromatic hydroxyl groups is 1. The van der Waals surface area contributed by atoms with Crippen molar-refractivity contribution in [1.29, 1.82) is 0 Å². The summed E-state index contributed by atoms with van der Waals surface area (Å²) in [6, 6.07) is 7.49. The molecule has 0 aliphatic rings. The second kappa shape index (κ2) is 4.87. The molecule has 0 aliphatic carbocycles. The van der Waals surface area contributed by atoms with Gasteiger partial charge in [0.25, 0.3) is 0 Å². The first-order valence-electron chi connectivity index (χ1n) is 5.66. The van der Waals surface area contributed by atoms with Crippen LogP contribution in [0.15, 0.2) is 43.1 Å². The van der Waals surface area contributed by atoms with Gasteiger partial charge in [-0.2, -0.15) is 0 Å². The molecule has 2 aromatic rings. The predicted molar refractivity (Wildman–Crippen MR) is 71.3 cm³/mol. The molecule has 1 atom stereocenters. The summed E-state index contributed by atoms with van der Waals surface area (Å²) in [6.07, 6.45) is 4.51. The molecule has 0 saturated heterocycles. The number of rotatable bonds is 4. The monoisotopic (exact) mass is 228 g/mol. The van der Waals surface area contributed by atoms with E-state index in [1.165, 1.54) is 0 Å². The van der Waals surface area contributed by atoms with Crippen molar-refractivity contribution in [2.75, 3.05) is 5.32 Å². The molecule has 3 nitrogen and oxygen atoms in total.